The van der Waals surface area contributed by atoms with Gasteiger partial charge in [0.2, 0.25) is 0 Å². The predicted molar refractivity (Wildman–Crippen MR) is 99.9 cm³/mol. The second kappa shape index (κ2) is 10.7. The maximum atomic E-state index is 2.34. The summed E-state index contributed by atoms with van der Waals surface area (Å²) in [5.74, 6) is 0. The Kier molecular flexibility index (Phi) is 9.65. The van der Waals surface area contributed by atoms with E-state index in [9.17, 15) is 0 Å². The first-order valence-electron chi connectivity index (χ1n) is 8.50. The van der Waals surface area contributed by atoms with Gasteiger partial charge in [-0.25, -0.2) is 0 Å². The summed E-state index contributed by atoms with van der Waals surface area (Å²) in [6, 6.07) is 11.2. The molecule has 1 rings (SSSR count). The molecule has 0 fully saturated rings. The maximum absolute atomic E-state index is 2.34. The summed E-state index contributed by atoms with van der Waals surface area (Å²) in [6.45, 7) is 5.84. The quantitative estimate of drug-likeness (QED) is 0.403. The van der Waals surface area contributed by atoms with Crippen molar-refractivity contribution >= 4 is 17.8 Å². The molecule has 0 unspecified atom stereocenters. The molecule has 0 N–H and O–H groups in total. The van der Waals surface area contributed by atoms with Crippen LogP contribution in [-0.4, -0.2) is 18.5 Å². The molecule has 0 heterocycles. The minimum absolute atomic E-state index is 1.18. The fraction of sp³-hybridized carbons (Fsp3) is 0.667. The van der Waals surface area contributed by atoms with Gasteiger partial charge in [-0.1, -0.05) is 0 Å². The summed E-state index contributed by atoms with van der Waals surface area (Å²) in [5.41, 5.74) is 0. The predicted octanol–water partition coefficient (Wildman–Crippen LogP) is 6.84. The molecule has 2 heteroatoms. The van der Waals surface area contributed by atoms with E-state index in [1.807, 2.05) is 0 Å². The van der Waals surface area contributed by atoms with E-state index in [0.29, 0.717) is 0 Å². The van der Waals surface area contributed by atoms with E-state index >= 15 is 0 Å². The first kappa shape index (κ1) is 18.1. The standard InChI is InChI=1S/C18H33PS/c1-4-7-15-19(16-8-5-2,17-9-6-3)20-18-13-11-10-12-14-18/h10-14,19H,4-9,15-17H2,1-3H3. The second-order valence-electron chi connectivity index (χ2n) is 5.91. The monoisotopic (exact) mass is 312 g/mol. The van der Waals surface area contributed by atoms with Crippen LogP contribution in [0.1, 0.15) is 59.3 Å². The molecule has 116 valence electrons. The van der Waals surface area contributed by atoms with Crippen molar-refractivity contribution in [2.75, 3.05) is 18.5 Å². The van der Waals surface area contributed by atoms with Crippen LogP contribution in [0.2, 0.25) is 0 Å². The molecule has 0 amide bonds. The molecule has 0 bridgehead atoms. The number of benzene rings is 1. The zero-order chi connectivity index (χ0) is 14.7. The molecule has 0 saturated heterocycles. The summed E-state index contributed by atoms with van der Waals surface area (Å²) in [7, 11) is 0. The van der Waals surface area contributed by atoms with Gasteiger partial charge in [0.15, 0.2) is 0 Å². The molecule has 0 aliphatic heterocycles. The van der Waals surface area contributed by atoms with Gasteiger partial charge in [-0.3, -0.25) is 0 Å². The summed E-state index contributed by atoms with van der Waals surface area (Å²) >= 11 is 2.29. The molecule has 1 aromatic rings. The second-order valence-corrected chi connectivity index (χ2v) is 13.7. The average molecular weight is 313 g/mol. The summed E-state index contributed by atoms with van der Waals surface area (Å²) in [5, 5.41) is 0. The van der Waals surface area contributed by atoms with Gasteiger partial charge in [0, 0.05) is 0 Å². The molecule has 0 aliphatic carbocycles. The number of unbranched alkanes of at least 4 members (excludes halogenated alkanes) is 3. The average Bonchev–Trinajstić information content (AvgIpc) is 2.49. The van der Waals surface area contributed by atoms with E-state index in [4.69, 9.17) is 0 Å². The van der Waals surface area contributed by atoms with Crippen molar-refractivity contribution in [1.29, 1.82) is 0 Å². The third kappa shape index (κ3) is 6.64. The van der Waals surface area contributed by atoms with Crippen molar-refractivity contribution in [1.82, 2.24) is 0 Å². The number of hydrogen-bond acceptors (Lipinski definition) is 1. The van der Waals surface area contributed by atoms with Crippen LogP contribution in [0.4, 0.5) is 0 Å². The van der Waals surface area contributed by atoms with E-state index in [-0.39, 0.29) is 0 Å². The van der Waals surface area contributed by atoms with Crippen molar-refractivity contribution < 1.29 is 0 Å². The van der Waals surface area contributed by atoms with Gasteiger partial charge in [0.1, 0.15) is 0 Å². The molecule has 20 heavy (non-hydrogen) atoms. The molecule has 1 aromatic carbocycles. The third-order valence-electron chi connectivity index (χ3n) is 4.04. The van der Waals surface area contributed by atoms with Crippen LogP contribution in [0.15, 0.2) is 35.2 Å². The SMILES string of the molecule is CCCC[PH](CCCC)(CCCC)Sc1ccccc1. The van der Waals surface area contributed by atoms with E-state index in [1.165, 1.54) is 61.9 Å². The van der Waals surface area contributed by atoms with Crippen molar-refractivity contribution in [2.45, 2.75) is 64.2 Å². The van der Waals surface area contributed by atoms with Crippen LogP contribution in [0.5, 0.6) is 0 Å². The zero-order valence-electron chi connectivity index (χ0n) is 13.7. The molecule has 0 saturated carbocycles. The first-order chi connectivity index (χ1) is 9.76. The van der Waals surface area contributed by atoms with E-state index < -0.39 is 6.46 Å². The Morgan fingerprint density at radius 1 is 0.750 bits per heavy atom. The van der Waals surface area contributed by atoms with Crippen molar-refractivity contribution in [3.8, 4) is 0 Å². The number of rotatable bonds is 11. The molecule has 0 aliphatic rings. The Balaban J connectivity index is 2.81. The fourth-order valence-electron chi connectivity index (χ4n) is 2.76. The first-order valence-corrected chi connectivity index (χ1v) is 12.7. The topological polar surface area (TPSA) is 0 Å². The molecular formula is C18H33PS. The van der Waals surface area contributed by atoms with Crippen LogP contribution >= 0.6 is 17.8 Å². The Morgan fingerprint density at radius 3 is 1.60 bits per heavy atom. The molecule has 0 spiro atoms. The Hall–Kier alpha value is 0. The summed E-state index contributed by atoms with van der Waals surface area (Å²) in [4.78, 5) is 1.52. The van der Waals surface area contributed by atoms with Crippen molar-refractivity contribution in [3.05, 3.63) is 30.3 Å². The van der Waals surface area contributed by atoms with Gasteiger partial charge in [-0.05, 0) is 0 Å². The van der Waals surface area contributed by atoms with Gasteiger partial charge in [-0.15, -0.1) is 0 Å². The Morgan fingerprint density at radius 2 is 1.20 bits per heavy atom. The van der Waals surface area contributed by atoms with Gasteiger partial charge in [-0.2, -0.15) is 0 Å². The van der Waals surface area contributed by atoms with Gasteiger partial charge >= 0.3 is 131 Å². The molecule has 0 nitrogen and oxygen atoms in total. The van der Waals surface area contributed by atoms with E-state index in [2.05, 4.69) is 62.5 Å². The van der Waals surface area contributed by atoms with Gasteiger partial charge in [0.05, 0.1) is 0 Å². The number of hydrogen-bond donors (Lipinski definition) is 0. The summed E-state index contributed by atoms with van der Waals surface area (Å²) in [6.07, 6.45) is 12.9. The van der Waals surface area contributed by atoms with Crippen molar-refractivity contribution in [3.63, 3.8) is 0 Å². The Labute approximate surface area is 131 Å². The Bertz CT molecular complexity index is 315. The normalized spacial score (nSPS) is 12.6. The van der Waals surface area contributed by atoms with Crippen LogP contribution in [0.3, 0.4) is 0 Å². The third-order valence-corrected chi connectivity index (χ3v) is 12.6. The van der Waals surface area contributed by atoms with Crippen LogP contribution < -0.4 is 0 Å². The van der Waals surface area contributed by atoms with Gasteiger partial charge < -0.3 is 0 Å². The van der Waals surface area contributed by atoms with Crippen molar-refractivity contribution in [2.24, 2.45) is 0 Å². The molecule has 0 radical (unpaired) electrons. The van der Waals surface area contributed by atoms with E-state index in [1.54, 1.807) is 0 Å². The van der Waals surface area contributed by atoms with Crippen LogP contribution in [-0.2, 0) is 0 Å². The molecule has 0 atom stereocenters. The molecule has 0 aromatic heterocycles. The van der Waals surface area contributed by atoms with Gasteiger partial charge in [0.25, 0.3) is 0 Å². The van der Waals surface area contributed by atoms with E-state index in [0.717, 1.165) is 0 Å². The summed E-state index contributed by atoms with van der Waals surface area (Å²) < 4.78 is 0. The molecular weight excluding hydrogens is 279 g/mol. The fourth-order valence-corrected chi connectivity index (χ4v) is 11.7. The van der Waals surface area contributed by atoms with Crippen LogP contribution in [0, 0.1) is 0 Å². The zero-order valence-corrected chi connectivity index (χ0v) is 15.5. The minimum atomic E-state index is -1.18. The van der Waals surface area contributed by atoms with Crippen LogP contribution in [0.25, 0.3) is 0 Å².